The van der Waals surface area contributed by atoms with Crippen molar-refractivity contribution < 1.29 is 33.0 Å². The second-order valence-electron chi connectivity index (χ2n) is 15.9. The summed E-state index contributed by atoms with van der Waals surface area (Å²) in [5.74, 6) is 0.200. The van der Waals surface area contributed by atoms with Crippen LogP contribution >= 0.6 is 11.6 Å². The van der Waals surface area contributed by atoms with Crippen molar-refractivity contribution in [3.05, 3.63) is 48.3 Å². The lowest BCUT2D eigenvalue weighted by Crippen LogP contribution is -2.55. The van der Waals surface area contributed by atoms with Gasteiger partial charge < -0.3 is 33.3 Å². The Labute approximate surface area is 330 Å². The summed E-state index contributed by atoms with van der Waals surface area (Å²) >= 11 is 6.86. The van der Waals surface area contributed by atoms with Crippen molar-refractivity contribution in [2.45, 2.75) is 84.1 Å². The molecular formula is C40H47ClN8O7. The summed E-state index contributed by atoms with van der Waals surface area (Å²) in [5.41, 5.74) is 0.0402. The molecule has 0 unspecified atom stereocenters. The van der Waals surface area contributed by atoms with Crippen molar-refractivity contribution in [1.82, 2.24) is 24.8 Å². The second-order valence-corrected chi connectivity index (χ2v) is 16.3. The number of anilines is 2. The molecule has 2 atom stereocenters. The molecule has 2 aliphatic rings. The Hall–Kier alpha value is -5.46. The number of benzene rings is 1. The van der Waals surface area contributed by atoms with E-state index in [2.05, 4.69) is 29.6 Å². The fraction of sp³-hybridized carbons (Fsp3) is 0.475. The Morgan fingerprint density at radius 3 is 2.39 bits per heavy atom. The first-order valence-electron chi connectivity index (χ1n) is 18.5. The predicted molar refractivity (Wildman–Crippen MR) is 212 cm³/mol. The van der Waals surface area contributed by atoms with Gasteiger partial charge in [-0.3, -0.25) is 4.79 Å². The molecule has 15 nitrogen and oxygen atoms in total. The molecule has 0 radical (unpaired) electrons. The van der Waals surface area contributed by atoms with Gasteiger partial charge in [-0.15, -0.1) is 0 Å². The van der Waals surface area contributed by atoms with Crippen LogP contribution in [0.3, 0.4) is 0 Å². The molecule has 3 aromatic heterocycles. The number of hydrogen-bond acceptors (Lipinski definition) is 13. The summed E-state index contributed by atoms with van der Waals surface area (Å²) < 4.78 is 23.7. The predicted octanol–water partition coefficient (Wildman–Crippen LogP) is 7.36. The van der Waals surface area contributed by atoms with Gasteiger partial charge in [-0.1, -0.05) is 18.2 Å². The van der Waals surface area contributed by atoms with Crippen molar-refractivity contribution in [2.24, 2.45) is 0 Å². The molecule has 5 heterocycles. The topological polar surface area (TPSA) is 167 Å². The Bertz CT molecular complexity index is 2180. The van der Waals surface area contributed by atoms with E-state index in [1.165, 1.54) is 18.3 Å². The highest BCUT2D eigenvalue weighted by molar-refractivity contribution is 6.34. The van der Waals surface area contributed by atoms with Crippen LogP contribution in [0.15, 0.2) is 47.7 Å². The summed E-state index contributed by atoms with van der Waals surface area (Å²) in [6.07, 6.45) is 4.36. The average molecular weight is 787 g/mol. The smallest absolute Gasteiger partial charge is 0.425 e. The van der Waals surface area contributed by atoms with E-state index in [0.29, 0.717) is 65.1 Å². The van der Waals surface area contributed by atoms with Gasteiger partial charge in [0.2, 0.25) is 5.91 Å². The Balaban J connectivity index is 1.50. The van der Waals surface area contributed by atoms with Crippen LogP contribution in [0.2, 0.25) is 5.02 Å². The van der Waals surface area contributed by atoms with Crippen LogP contribution in [0.4, 0.5) is 21.2 Å². The highest BCUT2D eigenvalue weighted by Crippen LogP contribution is 2.42. The zero-order valence-electron chi connectivity index (χ0n) is 32.8. The zero-order valence-corrected chi connectivity index (χ0v) is 33.6. The third-order valence-corrected chi connectivity index (χ3v) is 9.82. The maximum atomic E-state index is 13.5. The highest BCUT2D eigenvalue weighted by atomic mass is 35.5. The number of hydrogen-bond donors (Lipinski definition) is 0. The number of aromatic nitrogens is 3. The van der Waals surface area contributed by atoms with Gasteiger partial charge in [0.05, 0.1) is 40.7 Å². The van der Waals surface area contributed by atoms with Gasteiger partial charge in [0, 0.05) is 42.8 Å². The van der Waals surface area contributed by atoms with Crippen LogP contribution in [0.5, 0.6) is 6.01 Å². The molecule has 16 heteroatoms. The molecule has 6 rings (SSSR count). The zero-order chi connectivity index (χ0) is 40.5. The third kappa shape index (κ3) is 8.66. The second kappa shape index (κ2) is 16.0. The maximum Gasteiger partial charge on any atom is 0.425 e. The summed E-state index contributed by atoms with van der Waals surface area (Å²) in [7, 11) is 2.06. The van der Waals surface area contributed by atoms with Crippen LogP contribution in [-0.4, -0.2) is 106 Å². The Morgan fingerprint density at radius 1 is 1.05 bits per heavy atom. The Morgan fingerprint density at radius 2 is 1.77 bits per heavy atom. The summed E-state index contributed by atoms with van der Waals surface area (Å²) in [6, 6.07) is 7.26. The van der Waals surface area contributed by atoms with Crippen LogP contribution < -0.4 is 14.5 Å². The van der Waals surface area contributed by atoms with Gasteiger partial charge in [0.25, 0.3) is 0 Å². The number of likely N-dealkylation sites (N-methyl/N-ethyl adjacent to an activating group) is 1. The number of ether oxygens (including phenoxy) is 3. The van der Waals surface area contributed by atoms with E-state index in [0.717, 1.165) is 24.3 Å². The molecule has 3 amide bonds. The molecule has 4 aromatic rings. The molecular weight excluding hydrogens is 740 g/mol. The number of imide groups is 1. The van der Waals surface area contributed by atoms with Gasteiger partial charge in [0.1, 0.15) is 35.0 Å². The lowest BCUT2D eigenvalue weighted by Gasteiger charge is -2.41. The number of halogens is 1. The summed E-state index contributed by atoms with van der Waals surface area (Å²) in [4.78, 5) is 60.7. The minimum Gasteiger partial charge on any atom is -0.463 e. The number of nitrogens with zero attached hydrogens (tertiary/aromatic N) is 8. The number of furan rings is 1. The quantitative estimate of drug-likeness (QED) is 0.163. The van der Waals surface area contributed by atoms with E-state index in [1.807, 2.05) is 11.0 Å². The number of piperazine rings is 1. The van der Waals surface area contributed by atoms with Crippen molar-refractivity contribution in [3.8, 4) is 23.2 Å². The lowest BCUT2D eigenvalue weighted by atomic mass is 9.99. The van der Waals surface area contributed by atoms with Crippen LogP contribution in [0.25, 0.3) is 33.0 Å². The standard InChI is InChI=1S/C40H47ClN8O7/c1-9-32(50)48-17-16-47(22-24(48)12-14-42)35-33-30(44-36(45-35)54-23-25-11-10-15-46(25)8)19-27(26-13-18-53-34(26)33)28-20-31(43-21-29(28)41)49(37(51)55-39(2,3)4)38(52)56-40(5,6)7/h9,13,18-21,24-25H,1,10-12,15-17,22-23H2,2-8H3/t24-,25-/m0/s1. The van der Waals surface area contributed by atoms with Gasteiger partial charge in [-0.25, -0.2) is 14.6 Å². The first kappa shape index (κ1) is 40.2. The van der Waals surface area contributed by atoms with Gasteiger partial charge >= 0.3 is 18.2 Å². The van der Waals surface area contributed by atoms with Crippen LogP contribution in [0.1, 0.15) is 60.8 Å². The van der Waals surface area contributed by atoms with E-state index in [-0.39, 0.29) is 35.2 Å². The van der Waals surface area contributed by atoms with Crippen molar-refractivity contribution in [2.75, 3.05) is 49.6 Å². The molecule has 1 aromatic carbocycles. The number of likely N-dealkylation sites (tertiary alicyclic amines) is 1. The molecule has 56 heavy (non-hydrogen) atoms. The van der Waals surface area contributed by atoms with E-state index >= 15 is 0 Å². The summed E-state index contributed by atoms with van der Waals surface area (Å²) in [6.45, 7) is 16.2. The SMILES string of the molecule is C=CC(=O)N1CCN(c2nc(OC[C@@H]3CCCN3C)nc3cc(-c4cc(N(C(=O)OC(C)(C)C)C(=O)OC(C)(C)C)ncc4Cl)c4ccoc4c23)C[C@@H]1CC#N. The molecule has 2 fully saturated rings. The third-order valence-electron chi connectivity index (χ3n) is 9.52. The molecule has 0 aliphatic carbocycles. The van der Waals surface area contributed by atoms with E-state index < -0.39 is 29.4 Å². The summed E-state index contributed by atoms with van der Waals surface area (Å²) in [5, 5.41) is 11.1. The minimum atomic E-state index is -0.976. The first-order valence-corrected chi connectivity index (χ1v) is 18.9. The van der Waals surface area contributed by atoms with E-state index in [4.69, 9.17) is 40.2 Å². The minimum absolute atomic E-state index is 0.0757. The number of fused-ring (bicyclic) bond motifs is 3. The van der Waals surface area contributed by atoms with Gasteiger partial charge in [0.15, 0.2) is 0 Å². The number of pyridine rings is 1. The number of nitriles is 1. The molecule has 296 valence electrons. The largest absolute Gasteiger partial charge is 0.463 e. The van der Waals surface area contributed by atoms with E-state index in [1.54, 1.807) is 58.8 Å². The number of rotatable bonds is 8. The maximum absolute atomic E-state index is 13.5. The van der Waals surface area contributed by atoms with Crippen molar-refractivity contribution >= 4 is 63.2 Å². The normalized spacial score (nSPS) is 17.8. The van der Waals surface area contributed by atoms with E-state index in [9.17, 15) is 19.6 Å². The van der Waals surface area contributed by atoms with Gasteiger partial charge in [-0.05, 0) is 97.8 Å². The van der Waals surface area contributed by atoms with Crippen molar-refractivity contribution in [3.63, 3.8) is 0 Å². The fourth-order valence-corrected chi connectivity index (χ4v) is 7.15. The number of amides is 3. The first-order chi connectivity index (χ1) is 26.5. The molecule has 2 saturated heterocycles. The average Bonchev–Trinajstić information content (AvgIpc) is 3.78. The Kier molecular flexibility index (Phi) is 11.5. The molecule has 2 aliphatic heterocycles. The molecule has 0 saturated carbocycles. The fourth-order valence-electron chi connectivity index (χ4n) is 6.94. The number of carbonyl (C=O) groups is 3. The van der Waals surface area contributed by atoms with Crippen molar-refractivity contribution in [1.29, 1.82) is 5.26 Å². The molecule has 0 N–H and O–H groups in total. The van der Waals surface area contributed by atoms with Crippen LogP contribution in [0, 0.1) is 11.3 Å². The van der Waals surface area contributed by atoms with Gasteiger partial charge in [-0.2, -0.15) is 20.1 Å². The molecule has 0 bridgehead atoms. The molecule has 0 spiro atoms. The monoisotopic (exact) mass is 786 g/mol. The number of carbonyl (C=O) groups excluding carboxylic acids is 3. The van der Waals surface area contributed by atoms with Crippen LogP contribution in [-0.2, 0) is 14.3 Å². The highest BCUT2D eigenvalue weighted by Gasteiger charge is 2.35. The lowest BCUT2D eigenvalue weighted by molar-refractivity contribution is -0.128.